The van der Waals surface area contributed by atoms with Crippen LogP contribution in [-0.4, -0.2) is 18.8 Å². The predicted molar refractivity (Wildman–Crippen MR) is 59.1 cm³/mol. The molecule has 1 aromatic carbocycles. The number of thioether (sulfide) groups is 1. The van der Waals surface area contributed by atoms with E-state index in [0.29, 0.717) is 0 Å². The second kappa shape index (κ2) is 4.36. The van der Waals surface area contributed by atoms with Crippen LogP contribution in [0.25, 0.3) is 0 Å². The maximum atomic E-state index is 6.10. The lowest BCUT2D eigenvalue weighted by atomic mass is 10.1. The van der Waals surface area contributed by atoms with Crippen molar-refractivity contribution in [2.24, 2.45) is 0 Å². The van der Waals surface area contributed by atoms with E-state index in [0.717, 1.165) is 23.9 Å². The Labute approximate surface area is 87.9 Å². The van der Waals surface area contributed by atoms with Crippen molar-refractivity contribution < 1.29 is 0 Å². The number of rotatable bonds is 1. The minimum atomic E-state index is 0.855. The van der Waals surface area contributed by atoms with Gasteiger partial charge in [0.25, 0.3) is 0 Å². The van der Waals surface area contributed by atoms with E-state index in [1.807, 2.05) is 30.0 Å². The van der Waals surface area contributed by atoms with E-state index in [2.05, 4.69) is 11.4 Å². The molecule has 1 saturated heterocycles. The van der Waals surface area contributed by atoms with E-state index < -0.39 is 0 Å². The van der Waals surface area contributed by atoms with Crippen LogP contribution in [0.1, 0.15) is 5.56 Å². The Kier molecular flexibility index (Phi) is 3.14. The third-order valence-electron chi connectivity index (χ3n) is 2.01. The van der Waals surface area contributed by atoms with Crippen LogP contribution in [0.15, 0.2) is 24.3 Å². The summed E-state index contributed by atoms with van der Waals surface area (Å²) in [5, 5.41) is 5.56. The lowest BCUT2D eigenvalue weighted by molar-refractivity contribution is 0.758. The van der Waals surface area contributed by atoms with Gasteiger partial charge in [0.05, 0.1) is 5.25 Å². The summed E-state index contributed by atoms with van der Waals surface area (Å²) in [4.78, 5) is 0. The van der Waals surface area contributed by atoms with Crippen molar-refractivity contribution in [2.45, 2.75) is 0 Å². The number of nitrogens with one attached hydrogen (secondary N) is 1. The highest BCUT2D eigenvalue weighted by Gasteiger charge is 2.18. The second-order valence-electron chi connectivity index (χ2n) is 2.93. The summed E-state index contributed by atoms with van der Waals surface area (Å²) in [5.41, 5.74) is 1.18. The maximum absolute atomic E-state index is 6.10. The van der Waals surface area contributed by atoms with Crippen molar-refractivity contribution in [3.8, 4) is 0 Å². The van der Waals surface area contributed by atoms with Crippen LogP contribution in [0.4, 0.5) is 0 Å². The van der Waals surface area contributed by atoms with Gasteiger partial charge in [-0.3, -0.25) is 0 Å². The normalized spacial score (nSPS) is 18.8. The molecule has 1 aliphatic heterocycles. The van der Waals surface area contributed by atoms with E-state index in [1.54, 1.807) is 0 Å². The molecule has 0 amide bonds. The number of hydrogen-bond acceptors (Lipinski definition) is 2. The molecule has 69 valence electrons. The summed E-state index contributed by atoms with van der Waals surface area (Å²) in [6.45, 7) is 2.05. The first kappa shape index (κ1) is 9.38. The zero-order valence-electron chi connectivity index (χ0n) is 7.22. The maximum Gasteiger partial charge on any atom is 0.0747 e. The molecule has 0 aromatic heterocycles. The second-order valence-corrected chi connectivity index (χ2v) is 4.53. The van der Waals surface area contributed by atoms with Crippen LogP contribution in [0, 0.1) is 5.25 Å². The first-order chi connectivity index (χ1) is 6.38. The van der Waals surface area contributed by atoms with Gasteiger partial charge in [-0.2, -0.15) is 0 Å². The molecule has 1 radical (unpaired) electrons. The fraction of sp³-hybridized carbons (Fsp3) is 0.300. The first-order valence-corrected chi connectivity index (χ1v) is 5.68. The number of hydrogen-bond donors (Lipinski definition) is 1. The Bertz CT molecular complexity index is 284. The zero-order chi connectivity index (χ0) is 9.10. The highest BCUT2D eigenvalue weighted by molar-refractivity contribution is 8.02. The Morgan fingerprint density at radius 1 is 1.31 bits per heavy atom. The minimum Gasteiger partial charge on any atom is -0.314 e. The molecule has 1 N–H and O–H groups in total. The Morgan fingerprint density at radius 2 is 2.15 bits per heavy atom. The predicted octanol–water partition coefficient (Wildman–Crippen LogP) is 2.56. The van der Waals surface area contributed by atoms with Gasteiger partial charge in [0, 0.05) is 23.9 Å². The molecule has 2 rings (SSSR count). The van der Waals surface area contributed by atoms with E-state index in [1.165, 1.54) is 10.8 Å². The van der Waals surface area contributed by atoms with Crippen LogP contribution in [0.5, 0.6) is 0 Å². The van der Waals surface area contributed by atoms with Gasteiger partial charge in [0.15, 0.2) is 0 Å². The Morgan fingerprint density at radius 3 is 2.85 bits per heavy atom. The number of halogens is 1. The Hall–Kier alpha value is -0.180. The van der Waals surface area contributed by atoms with Gasteiger partial charge >= 0.3 is 0 Å². The van der Waals surface area contributed by atoms with Gasteiger partial charge in [0.1, 0.15) is 0 Å². The van der Waals surface area contributed by atoms with Gasteiger partial charge in [-0.05, 0) is 11.6 Å². The standard InChI is InChI=1S/C10H11ClNS/c11-9-4-2-1-3-8(9)10-7-12-5-6-13-10/h1-4,12H,5-7H2. The summed E-state index contributed by atoms with van der Waals surface area (Å²) in [6.07, 6.45) is 0. The molecule has 0 saturated carbocycles. The fourth-order valence-corrected chi connectivity index (χ4v) is 2.70. The molecule has 1 fully saturated rings. The monoisotopic (exact) mass is 212 g/mol. The van der Waals surface area contributed by atoms with Crippen LogP contribution < -0.4 is 5.32 Å². The molecular weight excluding hydrogens is 202 g/mol. The molecule has 0 spiro atoms. The molecule has 0 bridgehead atoms. The van der Waals surface area contributed by atoms with E-state index >= 15 is 0 Å². The molecular formula is C10H11ClNS. The summed E-state index contributed by atoms with van der Waals surface area (Å²) >= 11 is 8.00. The molecule has 1 aromatic rings. The van der Waals surface area contributed by atoms with E-state index in [9.17, 15) is 0 Å². The van der Waals surface area contributed by atoms with Crippen LogP contribution in [0.3, 0.4) is 0 Å². The van der Waals surface area contributed by atoms with Crippen molar-refractivity contribution >= 4 is 23.4 Å². The fourth-order valence-electron chi connectivity index (χ4n) is 1.36. The Balaban J connectivity index is 2.18. The smallest absolute Gasteiger partial charge is 0.0747 e. The summed E-state index contributed by atoms with van der Waals surface area (Å²) in [5.74, 6) is 1.14. The molecule has 13 heavy (non-hydrogen) atoms. The van der Waals surface area contributed by atoms with Gasteiger partial charge in [0.2, 0.25) is 0 Å². The summed E-state index contributed by atoms with van der Waals surface area (Å²) in [7, 11) is 0. The third kappa shape index (κ3) is 2.19. The zero-order valence-corrected chi connectivity index (χ0v) is 8.79. The van der Waals surface area contributed by atoms with Crippen molar-refractivity contribution in [3.05, 3.63) is 40.1 Å². The van der Waals surface area contributed by atoms with Crippen molar-refractivity contribution in [3.63, 3.8) is 0 Å². The molecule has 0 aliphatic carbocycles. The van der Waals surface area contributed by atoms with Crippen molar-refractivity contribution in [1.82, 2.24) is 5.32 Å². The van der Waals surface area contributed by atoms with Gasteiger partial charge in [-0.15, -0.1) is 11.8 Å². The minimum absolute atomic E-state index is 0.855. The van der Waals surface area contributed by atoms with Gasteiger partial charge in [-0.1, -0.05) is 29.8 Å². The molecule has 1 aliphatic rings. The molecule has 0 atom stereocenters. The highest BCUT2D eigenvalue weighted by Crippen LogP contribution is 2.33. The topological polar surface area (TPSA) is 12.0 Å². The first-order valence-electron chi connectivity index (χ1n) is 4.32. The van der Waals surface area contributed by atoms with Crippen LogP contribution in [0.2, 0.25) is 5.02 Å². The van der Waals surface area contributed by atoms with Crippen LogP contribution >= 0.6 is 23.4 Å². The average Bonchev–Trinajstić information content (AvgIpc) is 2.20. The van der Waals surface area contributed by atoms with Gasteiger partial charge < -0.3 is 5.32 Å². The average molecular weight is 213 g/mol. The summed E-state index contributed by atoms with van der Waals surface area (Å²) < 4.78 is 0. The van der Waals surface area contributed by atoms with E-state index in [4.69, 9.17) is 11.6 Å². The van der Waals surface area contributed by atoms with Crippen LogP contribution in [-0.2, 0) is 0 Å². The van der Waals surface area contributed by atoms with E-state index in [-0.39, 0.29) is 0 Å². The van der Waals surface area contributed by atoms with Gasteiger partial charge in [-0.25, -0.2) is 0 Å². The van der Waals surface area contributed by atoms with Crippen molar-refractivity contribution in [2.75, 3.05) is 18.8 Å². The third-order valence-corrected chi connectivity index (χ3v) is 3.47. The summed E-state index contributed by atoms with van der Waals surface area (Å²) in [6, 6.07) is 8.02. The molecule has 3 heteroatoms. The lowest BCUT2D eigenvalue weighted by Crippen LogP contribution is -2.28. The highest BCUT2D eigenvalue weighted by atomic mass is 35.5. The molecule has 0 unspecified atom stereocenters. The molecule has 1 heterocycles. The number of benzene rings is 1. The molecule has 1 nitrogen and oxygen atoms in total. The quantitative estimate of drug-likeness (QED) is 0.768. The SMILES string of the molecule is Clc1ccccc1[C]1CNCCS1. The van der Waals surface area contributed by atoms with Crippen molar-refractivity contribution in [1.29, 1.82) is 0 Å². The lowest BCUT2D eigenvalue weighted by Gasteiger charge is -2.22. The largest absolute Gasteiger partial charge is 0.314 e.